The lowest BCUT2D eigenvalue weighted by atomic mass is 9.52. The molecule has 8 nitrogen and oxygen atoms in total. The molecular formula is C22H34O8. The summed E-state index contributed by atoms with van der Waals surface area (Å²) in [6.45, 7) is 7.69. The molecule has 1 unspecified atom stereocenters. The Labute approximate surface area is 176 Å². The van der Waals surface area contributed by atoms with Crippen molar-refractivity contribution < 1.29 is 39.5 Å². The standard InChI is InChI=1S/C22H34O8/c1-11-6-7-14(24)21(5)15(25)8-9-20(4,27)17(21)18(29-13(3)23)22(28)12(2)19(26)30-16(22)10-11/h10,12,14-18,24-25,27-28H,6-9H2,1-5H3/b11-10-/t12-,14-,15-,16-,17-,18?,20-,21-,22-/m0/s1. The van der Waals surface area contributed by atoms with Crippen LogP contribution in [-0.4, -0.2) is 68.0 Å². The normalized spacial score (nSPS) is 51.1. The fourth-order valence-corrected chi connectivity index (χ4v) is 5.81. The zero-order chi connectivity index (χ0) is 22.6. The Balaban J connectivity index is 2.30. The largest absolute Gasteiger partial charge is 0.459 e. The van der Waals surface area contributed by atoms with Crippen molar-refractivity contribution in [2.75, 3.05) is 0 Å². The summed E-state index contributed by atoms with van der Waals surface area (Å²) in [5.74, 6) is -3.44. The number of hydrogen-bond donors (Lipinski definition) is 4. The smallest absolute Gasteiger partial charge is 0.312 e. The van der Waals surface area contributed by atoms with Crippen LogP contribution >= 0.6 is 0 Å². The molecular weight excluding hydrogens is 392 g/mol. The summed E-state index contributed by atoms with van der Waals surface area (Å²) in [6.07, 6.45) is -1.73. The van der Waals surface area contributed by atoms with Gasteiger partial charge in [0.2, 0.25) is 0 Å². The summed E-state index contributed by atoms with van der Waals surface area (Å²) < 4.78 is 11.1. The van der Waals surface area contributed by atoms with E-state index in [1.54, 1.807) is 26.8 Å². The summed E-state index contributed by atoms with van der Waals surface area (Å²) in [6, 6.07) is 0. The van der Waals surface area contributed by atoms with Crippen LogP contribution in [0.15, 0.2) is 11.6 Å². The van der Waals surface area contributed by atoms with Gasteiger partial charge >= 0.3 is 11.9 Å². The van der Waals surface area contributed by atoms with Crippen molar-refractivity contribution in [3.05, 3.63) is 11.6 Å². The van der Waals surface area contributed by atoms with E-state index in [1.807, 2.05) is 0 Å². The van der Waals surface area contributed by atoms with E-state index in [0.29, 0.717) is 12.8 Å². The molecule has 0 bridgehead atoms. The van der Waals surface area contributed by atoms with E-state index < -0.39 is 64.8 Å². The number of ether oxygens (including phenoxy) is 2. The second-order valence-electron chi connectivity index (χ2n) is 9.82. The molecule has 4 N–H and O–H groups in total. The van der Waals surface area contributed by atoms with Crippen LogP contribution in [0.3, 0.4) is 0 Å². The predicted octanol–water partition coefficient (Wildman–Crippen LogP) is 0.840. The molecule has 170 valence electrons. The Kier molecular flexibility index (Phi) is 5.86. The number of fused-ring (bicyclic) bond motifs is 2. The highest BCUT2D eigenvalue weighted by Gasteiger charge is 2.69. The number of allylic oxidation sites excluding steroid dienone is 1. The lowest BCUT2D eigenvalue weighted by molar-refractivity contribution is -0.261. The maximum Gasteiger partial charge on any atom is 0.312 e. The van der Waals surface area contributed by atoms with Crippen LogP contribution in [0, 0.1) is 17.3 Å². The molecule has 2 aliphatic carbocycles. The molecule has 1 saturated carbocycles. The van der Waals surface area contributed by atoms with E-state index in [0.717, 1.165) is 5.57 Å². The van der Waals surface area contributed by atoms with E-state index in [1.165, 1.54) is 13.8 Å². The molecule has 30 heavy (non-hydrogen) atoms. The third-order valence-electron chi connectivity index (χ3n) is 7.75. The Morgan fingerprint density at radius 3 is 2.40 bits per heavy atom. The fraction of sp³-hybridized carbons (Fsp3) is 0.818. The highest BCUT2D eigenvalue weighted by molar-refractivity contribution is 5.77. The number of aliphatic hydroxyl groups excluding tert-OH is 2. The first kappa shape index (κ1) is 23.2. The van der Waals surface area contributed by atoms with E-state index in [4.69, 9.17) is 9.47 Å². The third kappa shape index (κ3) is 3.38. The zero-order valence-corrected chi connectivity index (χ0v) is 18.3. The van der Waals surface area contributed by atoms with Gasteiger partial charge in [-0.25, -0.2) is 0 Å². The van der Waals surface area contributed by atoms with Crippen molar-refractivity contribution in [1.82, 2.24) is 0 Å². The number of carbonyl (C=O) groups excluding carboxylic acids is 2. The topological polar surface area (TPSA) is 134 Å². The van der Waals surface area contributed by atoms with Gasteiger partial charge in [-0.05, 0) is 52.5 Å². The quantitative estimate of drug-likeness (QED) is 0.358. The number of esters is 2. The first-order chi connectivity index (χ1) is 13.8. The minimum Gasteiger partial charge on any atom is -0.459 e. The molecule has 3 aliphatic rings. The number of rotatable bonds is 1. The van der Waals surface area contributed by atoms with Crippen LogP contribution in [0.1, 0.15) is 60.3 Å². The summed E-state index contributed by atoms with van der Waals surface area (Å²) >= 11 is 0. The molecule has 0 aromatic rings. The Morgan fingerprint density at radius 2 is 1.80 bits per heavy atom. The van der Waals surface area contributed by atoms with Crippen LogP contribution in [0.5, 0.6) is 0 Å². The summed E-state index contributed by atoms with van der Waals surface area (Å²) in [7, 11) is 0. The molecule has 2 fully saturated rings. The van der Waals surface area contributed by atoms with Gasteiger partial charge in [0, 0.05) is 18.3 Å². The minimum absolute atomic E-state index is 0.178. The maximum atomic E-state index is 12.5. The number of aliphatic hydroxyl groups is 4. The maximum absolute atomic E-state index is 12.5. The van der Waals surface area contributed by atoms with E-state index in [9.17, 15) is 30.0 Å². The van der Waals surface area contributed by atoms with Crippen LogP contribution in [0.4, 0.5) is 0 Å². The molecule has 0 amide bonds. The van der Waals surface area contributed by atoms with E-state index >= 15 is 0 Å². The van der Waals surface area contributed by atoms with Gasteiger partial charge in [0.05, 0.1) is 23.7 Å². The average Bonchev–Trinajstić information content (AvgIpc) is 2.85. The van der Waals surface area contributed by atoms with Crippen molar-refractivity contribution in [2.45, 2.75) is 95.9 Å². The first-order valence-electron chi connectivity index (χ1n) is 10.6. The predicted molar refractivity (Wildman–Crippen MR) is 106 cm³/mol. The first-order valence-corrected chi connectivity index (χ1v) is 10.6. The second-order valence-corrected chi connectivity index (χ2v) is 9.82. The van der Waals surface area contributed by atoms with Crippen LogP contribution < -0.4 is 0 Å². The third-order valence-corrected chi connectivity index (χ3v) is 7.75. The molecule has 0 spiro atoms. The molecule has 1 aliphatic heterocycles. The van der Waals surface area contributed by atoms with Gasteiger partial charge in [-0.1, -0.05) is 12.5 Å². The second kappa shape index (κ2) is 7.58. The fourth-order valence-electron chi connectivity index (χ4n) is 5.81. The molecule has 3 rings (SSSR count). The molecule has 1 heterocycles. The van der Waals surface area contributed by atoms with Gasteiger partial charge in [-0.3, -0.25) is 9.59 Å². The summed E-state index contributed by atoms with van der Waals surface area (Å²) in [4.78, 5) is 24.6. The Bertz CT molecular complexity index is 745. The van der Waals surface area contributed by atoms with Crippen molar-refractivity contribution in [3.63, 3.8) is 0 Å². The van der Waals surface area contributed by atoms with Crippen molar-refractivity contribution >= 4 is 11.9 Å². The lowest BCUT2D eigenvalue weighted by Crippen LogP contribution is -2.70. The van der Waals surface area contributed by atoms with E-state index in [-0.39, 0.29) is 12.8 Å². The molecule has 1 saturated heterocycles. The molecule has 0 radical (unpaired) electrons. The number of hydrogen-bond acceptors (Lipinski definition) is 8. The van der Waals surface area contributed by atoms with Crippen LogP contribution in [0.25, 0.3) is 0 Å². The minimum atomic E-state index is -1.98. The Morgan fingerprint density at radius 1 is 1.20 bits per heavy atom. The molecule has 0 aromatic heterocycles. The summed E-state index contributed by atoms with van der Waals surface area (Å²) in [5, 5.41) is 45.5. The van der Waals surface area contributed by atoms with Crippen molar-refractivity contribution in [3.8, 4) is 0 Å². The lowest BCUT2D eigenvalue weighted by Gasteiger charge is -2.58. The molecule has 0 aromatic carbocycles. The van der Waals surface area contributed by atoms with Gasteiger partial charge in [-0.2, -0.15) is 0 Å². The highest BCUT2D eigenvalue weighted by atomic mass is 16.6. The monoisotopic (exact) mass is 426 g/mol. The SMILES string of the molecule is CC(=O)OC1[C@@H]2[C@@](C)([C@@H](O)CC/C(C)=C\[C@@H]3OC(=O)[C@H](C)[C@@]13O)[C@@H](O)CC[C@]2(C)O. The van der Waals surface area contributed by atoms with Crippen LogP contribution in [0.2, 0.25) is 0 Å². The van der Waals surface area contributed by atoms with Gasteiger partial charge in [0.15, 0.2) is 11.7 Å². The highest BCUT2D eigenvalue weighted by Crippen LogP contribution is 2.56. The zero-order valence-electron chi connectivity index (χ0n) is 18.3. The average molecular weight is 427 g/mol. The van der Waals surface area contributed by atoms with Gasteiger partial charge in [-0.15, -0.1) is 0 Å². The van der Waals surface area contributed by atoms with E-state index in [2.05, 4.69) is 0 Å². The van der Waals surface area contributed by atoms with Crippen molar-refractivity contribution in [1.29, 1.82) is 0 Å². The summed E-state index contributed by atoms with van der Waals surface area (Å²) in [5.41, 5.74) is -3.97. The number of carbonyl (C=O) groups is 2. The van der Waals surface area contributed by atoms with Gasteiger partial charge in [0.25, 0.3) is 0 Å². The van der Waals surface area contributed by atoms with Crippen LogP contribution in [-0.2, 0) is 19.1 Å². The van der Waals surface area contributed by atoms with Crippen molar-refractivity contribution in [2.24, 2.45) is 17.3 Å². The van der Waals surface area contributed by atoms with Gasteiger partial charge in [0.1, 0.15) is 6.10 Å². The molecule has 8 heteroatoms. The molecule has 9 atom stereocenters. The van der Waals surface area contributed by atoms with Gasteiger partial charge < -0.3 is 29.9 Å². The Hall–Kier alpha value is -1.48.